The Hall–Kier alpha value is -2.83. The van der Waals surface area contributed by atoms with Crippen LogP contribution in [0.15, 0.2) is 24.3 Å². The van der Waals surface area contributed by atoms with Gasteiger partial charge in [0.05, 0.1) is 19.9 Å². The number of hydrogen-bond donors (Lipinski definition) is 1. The molecule has 1 fully saturated rings. The normalized spacial score (nSPS) is 14.4. The molecule has 0 saturated carbocycles. The number of amides is 1. The fourth-order valence-electron chi connectivity index (χ4n) is 3.19. The lowest BCUT2D eigenvalue weighted by molar-refractivity contribution is 0.0755. The zero-order valence-corrected chi connectivity index (χ0v) is 16.1. The number of rotatable bonds is 5. The zero-order valence-electron chi connectivity index (χ0n) is 16.1. The second-order valence-electron chi connectivity index (χ2n) is 6.62. The lowest BCUT2D eigenvalue weighted by Crippen LogP contribution is -2.32. The van der Waals surface area contributed by atoms with Crippen LogP contribution in [0.5, 0.6) is 11.5 Å². The summed E-state index contributed by atoms with van der Waals surface area (Å²) in [5, 5.41) is 3.15. The standard InChI is InChI=1S/C20H26N4O3/c1-14-12-17(19(25)24-10-6-4-5-7-11-24)23-20(21-14)22-16-9-8-15(26-2)13-18(16)27-3/h8-9,12-13H,4-7,10-11H2,1-3H3,(H,21,22,23). The summed E-state index contributed by atoms with van der Waals surface area (Å²) in [7, 11) is 3.19. The van der Waals surface area contributed by atoms with Crippen LogP contribution < -0.4 is 14.8 Å². The van der Waals surface area contributed by atoms with Gasteiger partial charge in [-0.25, -0.2) is 9.97 Å². The van der Waals surface area contributed by atoms with Crippen molar-refractivity contribution in [2.45, 2.75) is 32.6 Å². The SMILES string of the molecule is COc1ccc(Nc2nc(C)cc(C(=O)N3CCCCCC3)n2)c(OC)c1. The summed E-state index contributed by atoms with van der Waals surface area (Å²) in [6.07, 6.45) is 4.45. The summed E-state index contributed by atoms with van der Waals surface area (Å²) in [4.78, 5) is 23.6. The molecule has 1 aliphatic rings. The fourth-order valence-corrected chi connectivity index (χ4v) is 3.19. The van der Waals surface area contributed by atoms with Crippen LogP contribution in [0.2, 0.25) is 0 Å². The molecule has 2 heterocycles. The summed E-state index contributed by atoms with van der Waals surface area (Å²) < 4.78 is 10.6. The molecule has 0 spiro atoms. The Morgan fingerprint density at radius 1 is 1.04 bits per heavy atom. The van der Waals surface area contributed by atoms with Gasteiger partial charge < -0.3 is 19.7 Å². The van der Waals surface area contributed by atoms with Gasteiger partial charge in [-0.3, -0.25) is 4.79 Å². The number of aryl methyl sites for hydroxylation is 1. The van der Waals surface area contributed by atoms with E-state index in [9.17, 15) is 4.79 Å². The van der Waals surface area contributed by atoms with Crippen molar-refractivity contribution in [1.29, 1.82) is 0 Å². The third-order valence-corrected chi connectivity index (χ3v) is 4.62. The third kappa shape index (κ3) is 4.67. The highest BCUT2D eigenvalue weighted by atomic mass is 16.5. The molecule has 1 N–H and O–H groups in total. The van der Waals surface area contributed by atoms with Gasteiger partial charge in [0.15, 0.2) is 0 Å². The van der Waals surface area contributed by atoms with Crippen molar-refractivity contribution >= 4 is 17.5 Å². The van der Waals surface area contributed by atoms with Crippen LogP contribution in [0.1, 0.15) is 41.9 Å². The fraction of sp³-hybridized carbons (Fsp3) is 0.450. The van der Waals surface area contributed by atoms with Crippen LogP contribution in [-0.4, -0.2) is 48.1 Å². The molecule has 27 heavy (non-hydrogen) atoms. The summed E-state index contributed by atoms with van der Waals surface area (Å²) in [5.74, 6) is 1.64. The minimum absolute atomic E-state index is 0.0351. The Bertz CT molecular complexity index is 802. The Morgan fingerprint density at radius 3 is 2.44 bits per heavy atom. The number of carbonyl (C=O) groups is 1. The summed E-state index contributed by atoms with van der Waals surface area (Å²) in [6.45, 7) is 3.44. The Balaban J connectivity index is 1.84. The first-order chi connectivity index (χ1) is 13.1. The monoisotopic (exact) mass is 370 g/mol. The van der Waals surface area contributed by atoms with Gasteiger partial charge in [0.1, 0.15) is 17.2 Å². The molecule has 0 unspecified atom stereocenters. The largest absolute Gasteiger partial charge is 0.497 e. The molecule has 144 valence electrons. The summed E-state index contributed by atoms with van der Waals surface area (Å²) in [5.41, 5.74) is 1.86. The van der Waals surface area contributed by atoms with Gasteiger partial charge in [0.25, 0.3) is 5.91 Å². The summed E-state index contributed by atoms with van der Waals surface area (Å²) in [6, 6.07) is 7.18. The molecular weight excluding hydrogens is 344 g/mol. The maximum absolute atomic E-state index is 12.9. The molecular formula is C20H26N4O3. The Kier molecular flexibility index (Phi) is 6.11. The van der Waals surface area contributed by atoms with Gasteiger partial charge in [-0.15, -0.1) is 0 Å². The van der Waals surface area contributed by atoms with E-state index in [-0.39, 0.29) is 5.91 Å². The predicted octanol–water partition coefficient (Wildman–Crippen LogP) is 3.56. The number of hydrogen-bond acceptors (Lipinski definition) is 6. The van der Waals surface area contributed by atoms with E-state index in [0.717, 1.165) is 31.6 Å². The smallest absolute Gasteiger partial charge is 0.272 e. The number of nitrogens with zero attached hydrogens (tertiary/aromatic N) is 3. The van der Waals surface area contributed by atoms with Gasteiger partial charge in [-0.05, 0) is 38.0 Å². The zero-order chi connectivity index (χ0) is 19.2. The highest BCUT2D eigenvalue weighted by Crippen LogP contribution is 2.30. The predicted molar refractivity (Wildman–Crippen MR) is 104 cm³/mol. The lowest BCUT2D eigenvalue weighted by Gasteiger charge is -2.20. The lowest BCUT2D eigenvalue weighted by atomic mass is 10.2. The maximum atomic E-state index is 12.9. The average Bonchev–Trinajstić information content (AvgIpc) is 2.96. The molecule has 1 aromatic carbocycles. The first-order valence-corrected chi connectivity index (χ1v) is 9.24. The minimum Gasteiger partial charge on any atom is -0.497 e. The second-order valence-corrected chi connectivity index (χ2v) is 6.62. The number of methoxy groups -OCH3 is 2. The molecule has 1 saturated heterocycles. The Morgan fingerprint density at radius 2 is 1.78 bits per heavy atom. The number of carbonyl (C=O) groups excluding carboxylic acids is 1. The van der Waals surface area contributed by atoms with Crippen molar-refractivity contribution in [3.05, 3.63) is 35.7 Å². The van der Waals surface area contributed by atoms with Crippen LogP contribution >= 0.6 is 0 Å². The van der Waals surface area contributed by atoms with Crippen LogP contribution in [0.25, 0.3) is 0 Å². The number of aromatic nitrogens is 2. The van der Waals surface area contributed by atoms with E-state index in [1.54, 1.807) is 26.4 Å². The molecule has 0 atom stereocenters. The minimum atomic E-state index is -0.0351. The first-order valence-electron chi connectivity index (χ1n) is 9.24. The van der Waals surface area contributed by atoms with E-state index in [1.165, 1.54) is 12.8 Å². The van der Waals surface area contributed by atoms with E-state index in [2.05, 4.69) is 15.3 Å². The highest BCUT2D eigenvalue weighted by Gasteiger charge is 2.20. The van der Waals surface area contributed by atoms with Gasteiger partial charge in [-0.2, -0.15) is 0 Å². The van der Waals surface area contributed by atoms with Crippen LogP contribution in [0, 0.1) is 6.92 Å². The number of likely N-dealkylation sites (tertiary alicyclic amines) is 1. The van der Waals surface area contributed by atoms with Crippen molar-refractivity contribution in [2.24, 2.45) is 0 Å². The maximum Gasteiger partial charge on any atom is 0.272 e. The molecule has 7 nitrogen and oxygen atoms in total. The van der Waals surface area contributed by atoms with Gasteiger partial charge in [-0.1, -0.05) is 12.8 Å². The molecule has 2 aromatic rings. The van der Waals surface area contributed by atoms with Gasteiger partial charge in [0.2, 0.25) is 5.95 Å². The molecule has 0 aliphatic carbocycles. The van der Waals surface area contributed by atoms with E-state index in [4.69, 9.17) is 9.47 Å². The van der Waals surface area contributed by atoms with Crippen molar-refractivity contribution in [2.75, 3.05) is 32.6 Å². The number of ether oxygens (including phenoxy) is 2. The van der Waals surface area contributed by atoms with Crippen LogP contribution in [-0.2, 0) is 0 Å². The van der Waals surface area contributed by atoms with Crippen LogP contribution in [0.3, 0.4) is 0 Å². The van der Waals surface area contributed by atoms with Crippen molar-refractivity contribution in [3.8, 4) is 11.5 Å². The van der Waals surface area contributed by atoms with Crippen LogP contribution in [0.4, 0.5) is 11.6 Å². The van der Waals surface area contributed by atoms with E-state index >= 15 is 0 Å². The highest BCUT2D eigenvalue weighted by molar-refractivity contribution is 5.92. The molecule has 1 amide bonds. The number of anilines is 2. The topological polar surface area (TPSA) is 76.6 Å². The Labute approximate surface area is 159 Å². The second kappa shape index (κ2) is 8.70. The van der Waals surface area contributed by atoms with Crippen molar-refractivity contribution in [3.63, 3.8) is 0 Å². The van der Waals surface area contributed by atoms with Gasteiger partial charge >= 0.3 is 0 Å². The molecule has 0 radical (unpaired) electrons. The van der Waals surface area contributed by atoms with Crippen molar-refractivity contribution < 1.29 is 14.3 Å². The quantitative estimate of drug-likeness (QED) is 0.867. The van der Waals surface area contributed by atoms with E-state index < -0.39 is 0 Å². The van der Waals surface area contributed by atoms with E-state index in [0.29, 0.717) is 28.8 Å². The molecule has 1 aromatic heterocycles. The van der Waals surface area contributed by atoms with Gasteiger partial charge in [0, 0.05) is 24.8 Å². The summed E-state index contributed by atoms with van der Waals surface area (Å²) >= 11 is 0. The molecule has 7 heteroatoms. The number of nitrogens with one attached hydrogen (secondary N) is 1. The molecule has 3 rings (SSSR count). The van der Waals surface area contributed by atoms with Crippen molar-refractivity contribution in [1.82, 2.24) is 14.9 Å². The number of benzene rings is 1. The molecule has 1 aliphatic heterocycles. The molecule has 0 bridgehead atoms. The average molecular weight is 370 g/mol. The first kappa shape index (κ1) is 18.9. The third-order valence-electron chi connectivity index (χ3n) is 4.62. The van der Waals surface area contributed by atoms with E-state index in [1.807, 2.05) is 24.0 Å².